The average Bonchev–Trinajstić information content (AvgIpc) is 2.40. The van der Waals surface area contributed by atoms with Crippen LogP contribution in [0.1, 0.15) is 11.1 Å². The molecule has 0 saturated heterocycles. The summed E-state index contributed by atoms with van der Waals surface area (Å²) in [7, 11) is 0. The Morgan fingerprint density at radius 1 is 1.16 bits per heavy atom. The maximum atomic E-state index is 13.2. The van der Waals surface area contributed by atoms with Crippen LogP contribution in [0.25, 0.3) is 0 Å². The van der Waals surface area contributed by atoms with E-state index in [0.29, 0.717) is 15.9 Å². The summed E-state index contributed by atoms with van der Waals surface area (Å²) in [6, 6.07) is 10.0. The quantitative estimate of drug-likeness (QED) is 0.589. The van der Waals surface area contributed by atoms with Gasteiger partial charge in [0.1, 0.15) is 18.2 Å². The summed E-state index contributed by atoms with van der Waals surface area (Å²) < 4.78 is 19.8. The number of para-hydroxylation sites is 1. The molecule has 19 heavy (non-hydrogen) atoms. The average molecular weight is 408 g/mol. The summed E-state index contributed by atoms with van der Waals surface area (Å²) in [5, 5.41) is 1.17. The molecule has 0 N–H and O–H groups in total. The second-order valence-corrected chi connectivity index (χ2v) is 5.71. The summed E-state index contributed by atoms with van der Waals surface area (Å²) in [5.74, 6) is 0.413. The molecule has 5 heteroatoms. The Kier molecular flexibility index (Phi) is 5.25. The fourth-order valence-corrected chi connectivity index (χ4v) is 2.76. The van der Waals surface area contributed by atoms with E-state index in [-0.39, 0.29) is 12.4 Å². The highest BCUT2D eigenvalue weighted by atomic mass is 79.9. The van der Waals surface area contributed by atoms with Gasteiger partial charge >= 0.3 is 0 Å². The summed E-state index contributed by atoms with van der Waals surface area (Å²) in [6.07, 6.45) is 0. The molecule has 0 unspecified atom stereocenters. The monoisotopic (exact) mass is 406 g/mol. The molecule has 0 amide bonds. The minimum Gasteiger partial charge on any atom is -0.487 e. The van der Waals surface area contributed by atoms with E-state index in [9.17, 15) is 4.39 Å². The van der Waals surface area contributed by atoms with Crippen LogP contribution in [0.3, 0.4) is 0 Å². The Balaban J connectivity index is 2.21. The zero-order chi connectivity index (χ0) is 13.8. The predicted molar refractivity (Wildman–Crippen MR) is 82.5 cm³/mol. The number of benzene rings is 2. The molecule has 0 aliphatic carbocycles. The van der Waals surface area contributed by atoms with Crippen LogP contribution in [0.2, 0.25) is 5.02 Å². The number of halogens is 4. The molecule has 0 fully saturated rings. The van der Waals surface area contributed by atoms with Gasteiger partial charge in [0.05, 0.1) is 4.47 Å². The first kappa shape index (κ1) is 14.8. The Bertz CT molecular complexity index is 590. The van der Waals surface area contributed by atoms with Crippen LogP contribution in [0, 0.1) is 5.82 Å². The van der Waals surface area contributed by atoms with Gasteiger partial charge < -0.3 is 4.74 Å². The summed E-state index contributed by atoms with van der Waals surface area (Å²) >= 11 is 12.9. The van der Waals surface area contributed by atoms with Crippen molar-refractivity contribution in [3.63, 3.8) is 0 Å². The van der Waals surface area contributed by atoms with Crippen molar-refractivity contribution < 1.29 is 9.13 Å². The fraction of sp³-hybridized carbons (Fsp3) is 0.143. The van der Waals surface area contributed by atoms with Crippen molar-refractivity contribution in [1.29, 1.82) is 0 Å². The van der Waals surface area contributed by atoms with Crippen LogP contribution in [0.5, 0.6) is 5.75 Å². The highest BCUT2D eigenvalue weighted by Crippen LogP contribution is 2.31. The molecule has 0 aliphatic rings. The van der Waals surface area contributed by atoms with Crippen molar-refractivity contribution in [3.8, 4) is 5.75 Å². The highest BCUT2D eigenvalue weighted by molar-refractivity contribution is 9.10. The molecule has 100 valence electrons. The Hall–Kier alpha value is -0.580. The molecule has 2 aromatic carbocycles. The third kappa shape index (κ3) is 3.71. The lowest BCUT2D eigenvalue weighted by atomic mass is 10.2. The molecule has 1 nitrogen and oxygen atoms in total. The van der Waals surface area contributed by atoms with Crippen LogP contribution < -0.4 is 4.74 Å². The summed E-state index contributed by atoms with van der Waals surface area (Å²) in [5.41, 5.74) is 1.64. The minimum atomic E-state index is -0.323. The Labute approximate surface area is 133 Å². The van der Waals surface area contributed by atoms with Crippen LogP contribution in [0.4, 0.5) is 4.39 Å². The predicted octanol–water partition coefficient (Wildman–Crippen LogP) is 5.72. The molecular formula is C14H10Br2ClFO. The van der Waals surface area contributed by atoms with E-state index in [1.54, 1.807) is 0 Å². The smallest absolute Gasteiger partial charge is 0.138 e. The van der Waals surface area contributed by atoms with E-state index >= 15 is 0 Å². The molecule has 0 radical (unpaired) electrons. The molecule has 0 spiro atoms. The van der Waals surface area contributed by atoms with Gasteiger partial charge in [0.25, 0.3) is 0 Å². The van der Waals surface area contributed by atoms with Gasteiger partial charge in [-0.25, -0.2) is 4.39 Å². The molecule has 0 aromatic heterocycles. The molecule has 0 saturated carbocycles. The van der Waals surface area contributed by atoms with Gasteiger partial charge in [0.2, 0.25) is 0 Å². The topological polar surface area (TPSA) is 9.23 Å². The number of alkyl halides is 1. The third-order valence-electron chi connectivity index (χ3n) is 2.57. The summed E-state index contributed by atoms with van der Waals surface area (Å²) in [6.45, 7) is 0.221. The number of hydrogen-bond acceptors (Lipinski definition) is 1. The van der Waals surface area contributed by atoms with Crippen molar-refractivity contribution in [3.05, 3.63) is 62.8 Å². The molecule has 0 bridgehead atoms. The van der Waals surface area contributed by atoms with E-state index in [4.69, 9.17) is 16.3 Å². The van der Waals surface area contributed by atoms with Crippen LogP contribution in [-0.2, 0) is 11.9 Å². The lowest BCUT2D eigenvalue weighted by molar-refractivity contribution is 0.301. The second-order valence-electron chi connectivity index (χ2n) is 3.89. The molecule has 0 heterocycles. The van der Waals surface area contributed by atoms with Crippen molar-refractivity contribution in [2.75, 3.05) is 0 Å². The zero-order valence-corrected chi connectivity index (χ0v) is 13.7. The van der Waals surface area contributed by atoms with Gasteiger partial charge in [-0.15, -0.1) is 0 Å². The normalized spacial score (nSPS) is 10.5. The Morgan fingerprint density at radius 2 is 1.95 bits per heavy atom. The third-order valence-corrected chi connectivity index (χ3v) is 4.17. The zero-order valence-electron chi connectivity index (χ0n) is 9.80. The van der Waals surface area contributed by atoms with E-state index in [0.717, 1.165) is 15.8 Å². The van der Waals surface area contributed by atoms with Crippen molar-refractivity contribution in [1.82, 2.24) is 0 Å². The molecule has 2 rings (SSSR count). The Morgan fingerprint density at radius 3 is 2.68 bits per heavy atom. The first-order chi connectivity index (χ1) is 9.11. The van der Waals surface area contributed by atoms with Gasteiger partial charge in [-0.3, -0.25) is 0 Å². The van der Waals surface area contributed by atoms with E-state index in [1.807, 2.05) is 18.2 Å². The van der Waals surface area contributed by atoms with Crippen molar-refractivity contribution in [2.24, 2.45) is 0 Å². The molecule has 0 atom stereocenters. The van der Waals surface area contributed by atoms with Gasteiger partial charge in [-0.2, -0.15) is 0 Å². The first-order valence-corrected chi connectivity index (χ1v) is 7.81. The number of rotatable bonds is 4. The standard InChI is InChI=1S/C14H10Br2ClFO/c15-7-9-2-1-3-12(16)14(9)19-8-10-6-11(18)4-5-13(10)17/h1-6H,7-8H2. The fourth-order valence-electron chi connectivity index (χ4n) is 1.62. The van der Waals surface area contributed by atoms with Gasteiger partial charge in [0.15, 0.2) is 0 Å². The van der Waals surface area contributed by atoms with Gasteiger partial charge in [-0.1, -0.05) is 39.7 Å². The van der Waals surface area contributed by atoms with Crippen LogP contribution >= 0.6 is 43.5 Å². The number of hydrogen-bond donors (Lipinski definition) is 0. The van der Waals surface area contributed by atoms with E-state index < -0.39 is 0 Å². The van der Waals surface area contributed by atoms with Crippen LogP contribution in [0.15, 0.2) is 40.9 Å². The largest absolute Gasteiger partial charge is 0.487 e. The minimum absolute atomic E-state index is 0.221. The number of ether oxygens (including phenoxy) is 1. The van der Waals surface area contributed by atoms with E-state index in [2.05, 4.69) is 31.9 Å². The highest BCUT2D eigenvalue weighted by Gasteiger charge is 2.09. The molecule has 0 aliphatic heterocycles. The van der Waals surface area contributed by atoms with Crippen molar-refractivity contribution in [2.45, 2.75) is 11.9 Å². The van der Waals surface area contributed by atoms with Crippen molar-refractivity contribution >= 4 is 43.5 Å². The molecular weight excluding hydrogens is 398 g/mol. The lowest BCUT2D eigenvalue weighted by Crippen LogP contribution is -2.00. The second kappa shape index (κ2) is 6.73. The van der Waals surface area contributed by atoms with Gasteiger partial charge in [-0.05, 0) is 40.2 Å². The van der Waals surface area contributed by atoms with Crippen LogP contribution in [-0.4, -0.2) is 0 Å². The first-order valence-electron chi connectivity index (χ1n) is 5.52. The lowest BCUT2D eigenvalue weighted by Gasteiger charge is -2.12. The maximum absolute atomic E-state index is 13.2. The maximum Gasteiger partial charge on any atom is 0.138 e. The summed E-state index contributed by atoms with van der Waals surface area (Å²) in [4.78, 5) is 0. The molecule has 2 aromatic rings. The SMILES string of the molecule is Fc1ccc(Cl)c(COc2c(Br)cccc2CBr)c1. The van der Waals surface area contributed by atoms with E-state index in [1.165, 1.54) is 18.2 Å². The van der Waals surface area contributed by atoms with Gasteiger partial charge in [0, 0.05) is 21.5 Å².